The molecule has 2 N–H and O–H groups in total. The molecule has 0 aromatic carbocycles. The minimum absolute atomic E-state index is 0.242. The fraction of sp³-hybridized carbons (Fsp3) is 0.800. The second-order valence-electron chi connectivity index (χ2n) is 4.03. The number of hydrogen-bond donors (Lipinski definition) is 0. The van der Waals surface area contributed by atoms with Crippen LogP contribution in [0.1, 0.15) is 26.7 Å². The molecule has 0 saturated heterocycles. The van der Waals surface area contributed by atoms with Crippen LogP contribution in [-0.2, 0) is 35.5 Å². The number of esters is 2. The van der Waals surface area contributed by atoms with Crippen LogP contribution in [0.3, 0.4) is 0 Å². The summed E-state index contributed by atoms with van der Waals surface area (Å²) in [5, 5.41) is 0. The molecule has 0 radical (unpaired) electrons. The third-order valence-electron chi connectivity index (χ3n) is 2.51. The van der Waals surface area contributed by atoms with Gasteiger partial charge in [0.05, 0.1) is 0 Å². The maximum atomic E-state index is 10.9. The molecule has 0 spiro atoms. The minimum atomic E-state index is -0.601. The van der Waals surface area contributed by atoms with Gasteiger partial charge in [0.1, 0.15) is 12.2 Å². The number of halogens is 2. The van der Waals surface area contributed by atoms with Gasteiger partial charge in [-0.25, -0.2) is 0 Å². The van der Waals surface area contributed by atoms with Crippen LogP contribution in [0.25, 0.3) is 11.5 Å². The summed E-state index contributed by atoms with van der Waals surface area (Å²) >= 11 is -0.472. The van der Waals surface area contributed by atoms with Crippen molar-refractivity contribution in [2.45, 2.75) is 51.0 Å². The van der Waals surface area contributed by atoms with Crippen molar-refractivity contribution in [1.82, 2.24) is 0 Å². The standard InChI is InChI=1S/C10H16N2O4.2ClH.Pt/c1-5(13)15-9-3-7(11)8(12)4-10(9)16-6(2)14;;;/h7-12H,3-4H2,1-2H3;2*1H;/q-2;;;+4/p-2. The molecule has 0 aromatic rings. The van der Waals surface area contributed by atoms with E-state index in [1.54, 1.807) is 0 Å². The van der Waals surface area contributed by atoms with E-state index in [2.05, 4.69) is 0 Å². The molecule has 1 rings (SSSR count). The van der Waals surface area contributed by atoms with Gasteiger partial charge in [-0.05, 0) is 12.8 Å². The normalized spacial score (nSPS) is 30.0. The summed E-state index contributed by atoms with van der Waals surface area (Å²) in [6.45, 7) is 2.55. The molecule has 1 saturated carbocycles. The van der Waals surface area contributed by atoms with Gasteiger partial charge in [0.15, 0.2) is 0 Å². The van der Waals surface area contributed by atoms with Crippen molar-refractivity contribution >= 4 is 30.8 Å². The monoisotopic (exact) mass is 493 g/mol. The second kappa shape index (κ2) is 9.94. The van der Waals surface area contributed by atoms with Gasteiger partial charge in [-0.3, -0.25) is 9.59 Å². The predicted molar refractivity (Wildman–Crippen MR) is 68.3 cm³/mol. The van der Waals surface area contributed by atoms with Crippen LogP contribution in [0, 0.1) is 0 Å². The van der Waals surface area contributed by atoms with E-state index in [9.17, 15) is 9.59 Å². The summed E-state index contributed by atoms with van der Waals surface area (Å²) in [6, 6.07) is -1.20. The van der Waals surface area contributed by atoms with Gasteiger partial charge in [0.2, 0.25) is 0 Å². The summed E-state index contributed by atoms with van der Waals surface area (Å²) in [5.41, 5.74) is 15.2. The number of hydrogen-bond acceptors (Lipinski definition) is 4. The zero-order chi connectivity index (χ0) is 15.0. The Kier molecular flexibility index (Phi) is 10.0. The first-order valence-electron chi connectivity index (χ1n) is 5.40. The first-order valence-corrected chi connectivity index (χ1v) is 11.0. The van der Waals surface area contributed by atoms with Gasteiger partial charge in [-0.15, -0.1) is 0 Å². The van der Waals surface area contributed by atoms with E-state index in [1.807, 2.05) is 0 Å². The Bertz CT molecular complexity index is 281. The van der Waals surface area contributed by atoms with Gasteiger partial charge in [0, 0.05) is 13.8 Å². The predicted octanol–water partition coefficient (Wildman–Crippen LogP) is 2.86. The van der Waals surface area contributed by atoms with Crippen molar-refractivity contribution in [2.75, 3.05) is 0 Å². The van der Waals surface area contributed by atoms with E-state index >= 15 is 0 Å². The molecule has 9 heteroatoms. The molecule has 0 heterocycles. The average Bonchev–Trinajstić information content (AvgIpc) is 2.25. The Balaban J connectivity index is 0.000000982. The molecule has 0 aliphatic heterocycles. The van der Waals surface area contributed by atoms with Crippen LogP contribution in [0.2, 0.25) is 0 Å². The van der Waals surface area contributed by atoms with E-state index in [1.165, 1.54) is 13.8 Å². The summed E-state index contributed by atoms with van der Waals surface area (Å²) < 4.78 is 10.0. The van der Waals surface area contributed by atoms with E-state index in [0.29, 0.717) is 0 Å². The number of nitrogens with one attached hydrogen (secondary N) is 2. The number of carbonyl (C=O) groups excluding carboxylic acids is 2. The van der Waals surface area contributed by atoms with Crippen molar-refractivity contribution in [2.24, 2.45) is 0 Å². The van der Waals surface area contributed by atoms with Crippen molar-refractivity contribution in [3.8, 4) is 0 Å². The molecule has 1 aliphatic carbocycles. The van der Waals surface area contributed by atoms with Gasteiger partial charge < -0.3 is 20.9 Å². The van der Waals surface area contributed by atoms with Crippen molar-refractivity contribution in [1.29, 1.82) is 0 Å². The molecular weight excluding hydrogens is 478 g/mol. The second-order valence-corrected chi connectivity index (χ2v) is 7.31. The van der Waals surface area contributed by atoms with Crippen LogP contribution >= 0.6 is 18.8 Å². The molecule has 6 nitrogen and oxygen atoms in total. The Labute approximate surface area is 128 Å². The van der Waals surface area contributed by atoms with Gasteiger partial charge in [-0.1, -0.05) is 0 Å². The van der Waals surface area contributed by atoms with E-state index in [0.717, 1.165) is 0 Å². The molecule has 0 aromatic heterocycles. The molecule has 1 aliphatic rings. The Morgan fingerprint density at radius 2 is 1.26 bits per heavy atom. The summed E-state index contributed by atoms with van der Waals surface area (Å²) in [6.07, 6.45) is -0.701. The molecule has 4 unspecified atom stereocenters. The van der Waals surface area contributed by atoms with Crippen LogP contribution in [0.4, 0.5) is 0 Å². The Morgan fingerprint density at radius 3 is 1.47 bits per heavy atom. The van der Waals surface area contributed by atoms with Gasteiger partial charge in [-0.2, -0.15) is 12.1 Å². The number of ether oxygens (including phenoxy) is 2. The van der Waals surface area contributed by atoms with Crippen molar-refractivity contribution in [3.63, 3.8) is 0 Å². The molecule has 0 bridgehead atoms. The first kappa shape index (κ1) is 19.1. The van der Waals surface area contributed by atoms with E-state index in [-0.39, 0.29) is 12.8 Å². The molecule has 4 atom stereocenters. The number of carbonyl (C=O) groups is 2. The van der Waals surface area contributed by atoms with Gasteiger partial charge in [0.25, 0.3) is 0 Å². The van der Waals surface area contributed by atoms with Crippen molar-refractivity contribution in [3.05, 3.63) is 11.5 Å². The zero-order valence-corrected chi connectivity index (χ0v) is 14.2. The van der Waals surface area contributed by atoms with Crippen molar-refractivity contribution < 1.29 is 35.5 Å². The molecular formula is C10H16Cl2N2O4Pt. The Hall–Kier alpha value is 0.128. The third kappa shape index (κ3) is 8.10. The zero-order valence-electron chi connectivity index (χ0n) is 10.4. The fourth-order valence-corrected chi connectivity index (χ4v) is 1.81. The van der Waals surface area contributed by atoms with E-state index in [4.69, 9.17) is 39.8 Å². The van der Waals surface area contributed by atoms with E-state index < -0.39 is 52.7 Å². The summed E-state index contributed by atoms with van der Waals surface area (Å²) in [5.74, 6) is -0.921. The molecule has 0 amide bonds. The van der Waals surface area contributed by atoms with Crippen LogP contribution in [-0.4, -0.2) is 36.2 Å². The molecule has 1 fully saturated rings. The third-order valence-corrected chi connectivity index (χ3v) is 2.51. The first-order chi connectivity index (χ1) is 8.81. The SMILES string of the molecule is CC(=O)OC1CC([NH-])C([NH-])CC1OC(C)=O.[Cl][Pt+2][Cl]. The Morgan fingerprint density at radius 1 is 1.00 bits per heavy atom. The fourth-order valence-electron chi connectivity index (χ4n) is 1.81. The van der Waals surface area contributed by atoms with Crippen LogP contribution in [0.5, 0.6) is 0 Å². The summed E-state index contributed by atoms with van der Waals surface area (Å²) in [7, 11) is 9.75. The molecule has 19 heavy (non-hydrogen) atoms. The van der Waals surface area contributed by atoms with Crippen LogP contribution in [0.15, 0.2) is 0 Å². The van der Waals surface area contributed by atoms with Crippen LogP contribution < -0.4 is 0 Å². The number of rotatable bonds is 2. The maximum absolute atomic E-state index is 10.9. The average molecular weight is 494 g/mol. The quantitative estimate of drug-likeness (QED) is 0.552. The molecule has 114 valence electrons. The topological polar surface area (TPSA) is 100 Å². The van der Waals surface area contributed by atoms with Gasteiger partial charge >= 0.3 is 47.3 Å². The summed E-state index contributed by atoms with van der Waals surface area (Å²) in [4.78, 5) is 21.7.